The van der Waals surface area contributed by atoms with Crippen LogP contribution in [0, 0.1) is 0 Å². The van der Waals surface area contributed by atoms with Gasteiger partial charge in [0.25, 0.3) is 0 Å². The molecule has 0 fully saturated rings. The second kappa shape index (κ2) is 4.60. The molecule has 2 nitrogen and oxygen atoms in total. The molecule has 18 heavy (non-hydrogen) atoms. The van der Waals surface area contributed by atoms with E-state index >= 15 is 0 Å². The zero-order valence-electron chi connectivity index (χ0n) is 9.11. The van der Waals surface area contributed by atoms with Crippen LogP contribution in [0.3, 0.4) is 0 Å². The van der Waals surface area contributed by atoms with Crippen LogP contribution in [-0.4, -0.2) is 11.3 Å². The lowest BCUT2D eigenvalue weighted by Gasteiger charge is -2.09. The Bertz CT molecular complexity index is 564. The maximum atomic E-state index is 12.5. The lowest BCUT2D eigenvalue weighted by molar-refractivity contribution is -0.141. The molecule has 0 amide bonds. The molecule has 0 aliphatic carbocycles. The predicted octanol–water partition coefficient (Wildman–Crippen LogP) is 3.58. The van der Waals surface area contributed by atoms with Crippen molar-refractivity contribution in [2.75, 3.05) is 0 Å². The van der Waals surface area contributed by atoms with Gasteiger partial charge in [0.05, 0.1) is 0 Å². The summed E-state index contributed by atoms with van der Waals surface area (Å²) in [5.41, 5.74) is -0.236. The van der Waals surface area contributed by atoms with E-state index in [4.69, 9.17) is 0 Å². The van der Waals surface area contributed by atoms with E-state index in [0.29, 0.717) is 17.4 Å². The number of hydrogen-bond acceptors (Lipinski definition) is 2. The van der Waals surface area contributed by atoms with Crippen molar-refractivity contribution in [2.45, 2.75) is 6.18 Å². The molecule has 0 aliphatic heterocycles. The van der Waals surface area contributed by atoms with E-state index in [2.05, 4.69) is 4.98 Å². The summed E-state index contributed by atoms with van der Waals surface area (Å²) in [5, 5.41) is 0. The quantitative estimate of drug-likeness (QED) is 0.763. The Balaban J connectivity index is 2.54. The normalized spacial score (nSPS) is 11.3. The van der Waals surface area contributed by atoms with E-state index in [1.54, 1.807) is 30.3 Å². The molecule has 0 unspecified atom stereocenters. The summed E-state index contributed by atoms with van der Waals surface area (Å²) < 4.78 is 37.4. The van der Waals surface area contributed by atoms with Crippen LogP contribution in [0.15, 0.2) is 42.5 Å². The molecule has 0 radical (unpaired) electrons. The summed E-state index contributed by atoms with van der Waals surface area (Å²) in [6.45, 7) is 0. The Morgan fingerprint density at radius 2 is 1.67 bits per heavy atom. The third-order valence-electron chi connectivity index (χ3n) is 2.41. The number of carbonyl (C=O) groups is 1. The Labute approximate surface area is 101 Å². The second-order valence-electron chi connectivity index (χ2n) is 3.61. The maximum absolute atomic E-state index is 12.5. The highest BCUT2D eigenvalue weighted by atomic mass is 19.4. The summed E-state index contributed by atoms with van der Waals surface area (Å²) in [5.74, 6) is 0. The van der Waals surface area contributed by atoms with Crippen molar-refractivity contribution in [3.8, 4) is 11.1 Å². The molecular weight excluding hydrogens is 243 g/mol. The minimum atomic E-state index is -4.55. The van der Waals surface area contributed by atoms with E-state index in [1.807, 2.05) is 0 Å². The lowest BCUT2D eigenvalue weighted by Crippen LogP contribution is -2.09. The van der Waals surface area contributed by atoms with Crippen molar-refractivity contribution in [1.82, 2.24) is 4.98 Å². The number of benzene rings is 1. The summed E-state index contributed by atoms with van der Waals surface area (Å²) in [6.07, 6.45) is -4.22. The third kappa shape index (κ3) is 2.40. The number of rotatable bonds is 2. The van der Waals surface area contributed by atoms with E-state index in [1.165, 1.54) is 6.07 Å². The number of pyridine rings is 1. The monoisotopic (exact) mass is 251 g/mol. The van der Waals surface area contributed by atoms with Gasteiger partial charge in [-0.05, 0) is 17.7 Å². The molecule has 1 aromatic heterocycles. The van der Waals surface area contributed by atoms with E-state index in [9.17, 15) is 18.0 Å². The molecule has 1 heterocycles. The minimum Gasteiger partial charge on any atom is -0.296 e. The van der Waals surface area contributed by atoms with Crippen molar-refractivity contribution in [2.24, 2.45) is 0 Å². The first-order valence-electron chi connectivity index (χ1n) is 5.11. The molecule has 0 atom stereocenters. The predicted molar refractivity (Wildman–Crippen MR) is 60.1 cm³/mol. The molecular formula is C13H8F3NO. The highest BCUT2D eigenvalue weighted by Gasteiger charge is 2.33. The van der Waals surface area contributed by atoms with E-state index in [0.717, 1.165) is 6.07 Å². The molecule has 0 N–H and O–H groups in total. The fraction of sp³-hybridized carbons (Fsp3) is 0.0769. The molecule has 0 saturated heterocycles. The summed E-state index contributed by atoms with van der Waals surface area (Å²) in [7, 11) is 0. The Hall–Kier alpha value is -2.17. The number of aldehydes is 1. The molecule has 2 rings (SSSR count). The fourth-order valence-electron chi connectivity index (χ4n) is 1.58. The second-order valence-corrected chi connectivity index (χ2v) is 3.61. The molecule has 1 aromatic carbocycles. The number of alkyl halides is 3. The summed E-state index contributed by atoms with van der Waals surface area (Å²) >= 11 is 0. The molecule has 0 spiro atoms. The van der Waals surface area contributed by atoms with Crippen LogP contribution >= 0.6 is 0 Å². The molecule has 0 aliphatic rings. The van der Waals surface area contributed by atoms with Crippen molar-refractivity contribution < 1.29 is 18.0 Å². The van der Waals surface area contributed by atoms with Gasteiger partial charge in [0.15, 0.2) is 6.29 Å². The van der Waals surface area contributed by atoms with Gasteiger partial charge < -0.3 is 0 Å². The van der Waals surface area contributed by atoms with Crippen LogP contribution in [0.5, 0.6) is 0 Å². The number of carbonyl (C=O) groups excluding carboxylic acids is 1. The molecule has 5 heteroatoms. The standard InChI is InChI=1S/C13H8F3NO/c14-13(15,16)12-7-6-10(11(8-18)17-12)9-4-2-1-3-5-9/h1-8H. The minimum absolute atomic E-state index is 0.212. The van der Waals surface area contributed by atoms with Crippen molar-refractivity contribution in [3.05, 3.63) is 53.9 Å². The highest BCUT2D eigenvalue weighted by molar-refractivity contribution is 5.85. The number of hydrogen-bond donors (Lipinski definition) is 0. The van der Waals surface area contributed by atoms with Gasteiger partial charge >= 0.3 is 6.18 Å². The SMILES string of the molecule is O=Cc1nc(C(F)(F)F)ccc1-c1ccccc1. The lowest BCUT2D eigenvalue weighted by atomic mass is 10.0. The van der Waals surface area contributed by atoms with Crippen molar-refractivity contribution >= 4 is 6.29 Å². The smallest absolute Gasteiger partial charge is 0.296 e. The van der Waals surface area contributed by atoms with Gasteiger partial charge in [-0.1, -0.05) is 30.3 Å². The summed E-state index contributed by atoms with van der Waals surface area (Å²) in [6, 6.07) is 10.8. The largest absolute Gasteiger partial charge is 0.433 e. The van der Waals surface area contributed by atoms with Gasteiger partial charge in [-0.3, -0.25) is 4.79 Å². The van der Waals surface area contributed by atoms with Crippen molar-refractivity contribution in [1.29, 1.82) is 0 Å². The van der Waals surface area contributed by atoms with Crippen LogP contribution in [0.1, 0.15) is 16.2 Å². The molecule has 0 bridgehead atoms. The molecule has 0 saturated carbocycles. The first kappa shape index (κ1) is 12.3. The first-order chi connectivity index (χ1) is 8.52. The Morgan fingerprint density at radius 3 is 2.22 bits per heavy atom. The van der Waals surface area contributed by atoms with Crippen LogP contribution in [0.4, 0.5) is 13.2 Å². The summed E-state index contributed by atoms with van der Waals surface area (Å²) in [4.78, 5) is 14.2. The Kier molecular flexibility index (Phi) is 3.14. The van der Waals surface area contributed by atoms with Gasteiger partial charge in [0.1, 0.15) is 11.4 Å². The van der Waals surface area contributed by atoms with Gasteiger partial charge in [-0.15, -0.1) is 0 Å². The Morgan fingerprint density at radius 1 is 1.00 bits per heavy atom. The number of aromatic nitrogens is 1. The maximum Gasteiger partial charge on any atom is 0.433 e. The van der Waals surface area contributed by atoms with E-state index in [-0.39, 0.29) is 5.69 Å². The average Bonchev–Trinajstić information content (AvgIpc) is 2.38. The molecule has 2 aromatic rings. The van der Waals surface area contributed by atoms with E-state index < -0.39 is 11.9 Å². The topological polar surface area (TPSA) is 30.0 Å². The average molecular weight is 251 g/mol. The number of nitrogens with zero attached hydrogens (tertiary/aromatic N) is 1. The zero-order valence-corrected chi connectivity index (χ0v) is 9.11. The fourth-order valence-corrected chi connectivity index (χ4v) is 1.58. The van der Waals surface area contributed by atoms with Gasteiger partial charge in [-0.2, -0.15) is 13.2 Å². The van der Waals surface area contributed by atoms with Crippen LogP contribution < -0.4 is 0 Å². The zero-order chi connectivity index (χ0) is 13.2. The van der Waals surface area contributed by atoms with Crippen LogP contribution in [0.25, 0.3) is 11.1 Å². The highest BCUT2D eigenvalue weighted by Crippen LogP contribution is 2.30. The van der Waals surface area contributed by atoms with Gasteiger partial charge in [0.2, 0.25) is 0 Å². The van der Waals surface area contributed by atoms with Crippen LogP contribution in [0.2, 0.25) is 0 Å². The number of halogens is 3. The molecule has 92 valence electrons. The van der Waals surface area contributed by atoms with Crippen molar-refractivity contribution in [3.63, 3.8) is 0 Å². The first-order valence-corrected chi connectivity index (χ1v) is 5.11. The van der Waals surface area contributed by atoms with Gasteiger partial charge in [0, 0.05) is 5.56 Å². The third-order valence-corrected chi connectivity index (χ3v) is 2.41. The van der Waals surface area contributed by atoms with Gasteiger partial charge in [-0.25, -0.2) is 4.98 Å². The van der Waals surface area contributed by atoms with Crippen LogP contribution in [-0.2, 0) is 6.18 Å².